The van der Waals surface area contributed by atoms with Crippen molar-refractivity contribution in [1.29, 1.82) is 0 Å². The Hall–Kier alpha value is -0.0900. The molecule has 0 aromatic rings. The van der Waals surface area contributed by atoms with Crippen LogP contribution in [0.3, 0.4) is 0 Å². The minimum atomic E-state index is -2.85. The summed E-state index contributed by atoms with van der Waals surface area (Å²) in [6, 6.07) is 0.647. The van der Waals surface area contributed by atoms with Crippen LogP contribution in [0.1, 0.15) is 58.8 Å². The summed E-state index contributed by atoms with van der Waals surface area (Å²) >= 11 is 0. The highest BCUT2D eigenvalue weighted by atomic mass is 32.2. The first-order valence-electron chi connectivity index (χ1n) is 7.77. The van der Waals surface area contributed by atoms with Gasteiger partial charge in [0.05, 0.1) is 5.25 Å². The zero-order valence-electron chi connectivity index (χ0n) is 12.6. The molecule has 2 aliphatic carbocycles. The van der Waals surface area contributed by atoms with Gasteiger partial charge in [-0.3, -0.25) is 0 Å². The number of hydrogen-bond donors (Lipinski definition) is 1. The molecule has 0 bridgehead atoms. The molecule has 1 N–H and O–H groups in total. The lowest BCUT2D eigenvalue weighted by Gasteiger charge is -2.39. The molecule has 2 fully saturated rings. The molecule has 0 spiro atoms. The third-order valence-electron chi connectivity index (χ3n) is 5.49. The fraction of sp³-hybridized carbons (Fsp3) is 1.00. The Morgan fingerprint density at radius 2 is 2.00 bits per heavy atom. The molecule has 112 valence electrons. The van der Waals surface area contributed by atoms with E-state index >= 15 is 0 Å². The molecule has 0 amide bonds. The van der Waals surface area contributed by atoms with E-state index in [1.54, 1.807) is 0 Å². The minimum absolute atomic E-state index is 0.0822. The summed E-state index contributed by atoms with van der Waals surface area (Å²) in [4.78, 5) is 0. The van der Waals surface area contributed by atoms with Gasteiger partial charge in [-0.1, -0.05) is 20.3 Å². The third kappa shape index (κ3) is 3.52. The van der Waals surface area contributed by atoms with E-state index in [1.807, 2.05) is 0 Å². The monoisotopic (exact) mass is 287 g/mol. The second-order valence-corrected chi connectivity index (χ2v) is 9.29. The molecule has 19 heavy (non-hydrogen) atoms. The van der Waals surface area contributed by atoms with E-state index in [1.165, 1.54) is 31.9 Å². The van der Waals surface area contributed by atoms with E-state index in [9.17, 15) is 8.42 Å². The highest BCUT2D eigenvalue weighted by Gasteiger charge is 2.43. The summed E-state index contributed by atoms with van der Waals surface area (Å²) in [7, 11) is -2.85. The van der Waals surface area contributed by atoms with Crippen LogP contribution in [0.15, 0.2) is 0 Å². The van der Waals surface area contributed by atoms with Crippen LogP contribution in [-0.4, -0.2) is 32.5 Å². The van der Waals surface area contributed by atoms with E-state index < -0.39 is 9.84 Å². The van der Waals surface area contributed by atoms with Crippen molar-refractivity contribution in [2.75, 3.05) is 12.8 Å². The highest BCUT2D eigenvalue weighted by Crippen LogP contribution is 2.50. The van der Waals surface area contributed by atoms with Crippen LogP contribution in [-0.2, 0) is 9.84 Å². The second-order valence-electron chi connectivity index (χ2n) is 6.97. The number of rotatable bonds is 4. The van der Waals surface area contributed by atoms with Gasteiger partial charge in [-0.15, -0.1) is 0 Å². The van der Waals surface area contributed by atoms with Crippen LogP contribution < -0.4 is 5.32 Å². The molecule has 4 atom stereocenters. The smallest absolute Gasteiger partial charge is 0.150 e. The van der Waals surface area contributed by atoms with E-state index in [4.69, 9.17) is 0 Å². The first-order chi connectivity index (χ1) is 8.85. The van der Waals surface area contributed by atoms with Crippen LogP contribution in [0.2, 0.25) is 0 Å². The Kier molecular flexibility index (Phi) is 4.61. The molecule has 2 aliphatic rings. The van der Waals surface area contributed by atoms with Gasteiger partial charge in [0.2, 0.25) is 0 Å². The van der Waals surface area contributed by atoms with E-state index in [2.05, 4.69) is 19.2 Å². The molecule has 4 heteroatoms. The van der Waals surface area contributed by atoms with E-state index in [0.717, 1.165) is 25.8 Å². The summed E-state index contributed by atoms with van der Waals surface area (Å²) in [5.74, 6) is 0.602. The van der Waals surface area contributed by atoms with Crippen molar-refractivity contribution < 1.29 is 8.42 Å². The van der Waals surface area contributed by atoms with E-state index in [-0.39, 0.29) is 5.25 Å². The summed E-state index contributed by atoms with van der Waals surface area (Å²) in [5.41, 5.74) is 0.357. The van der Waals surface area contributed by atoms with Crippen LogP contribution in [0, 0.1) is 11.3 Å². The van der Waals surface area contributed by atoms with Crippen LogP contribution in [0.5, 0.6) is 0 Å². The number of hydrogen-bond acceptors (Lipinski definition) is 3. The van der Waals surface area contributed by atoms with Crippen molar-refractivity contribution in [3.63, 3.8) is 0 Å². The Balaban J connectivity index is 2.01. The van der Waals surface area contributed by atoms with Gasteiger partial charge < -0.3 is 5.32 Å². The normalized spacial score (nSPS) is 40.5. The molecule has 0 radical (unpaired) electrons. The highest BCUT2D eigenvalue weighted by molar-refractivity contribution is 7.91. The molecular formula is C15H29NO2S. The molecule has 0 saturated heterocycles. The summed E-state index contributed by atoms with van der Waals surface area (Å²) in [6.07, 6.45) is 9.23. The number of nitrogens with one attached hydrogen (secondary N) is 1. The lowest BCUT2D eigenvalue weighted by Crippen LogP contribution is -2.36. The second kappa shape index (κ2) is 5.72. The van der Waals surface area contributed by atoms with Gasteiger partial charge in [0, 0.05) is 12.3 Å². The molecule has 0 aliphatic heterocycles. The largest absolute Gasteiger partial charge is 0.314 e. The van der Waals surface area contributed by atoms with Crippen LogP contribution in [0.25, 0.3) is 0 Å². The van der Waals surface area contributed by atoms with Crippen molar-refractivity contribution in [2.45, 2.75) is 70.1 Å². The standard InChI is InChI=1S/C15H29NO2S/c1-4-16-13-8-9-15(2,11-13)12-6-5-7-14(10-12)19(3,17)18/h12-14,16H,4-11H2,1-3H3. The Bertz CT molecular complexity index is 406. The van der Waals surface area contributed by atoms with Gasteiger partial charge in [-0.2, -0.15) is 0 Å². The molecule has 2 saturated carbocycles. The van der Waals surface area contributed by atoms with Crippen molar-refractivity contribution >= 4 is 9.84 Å². The Morgan fingerprint density at radius 1 is 1.26 bits per heavy atom. The van der Waals surface area contributed by atoms with E-state index in [0.29, 0.717) is 17.4 Å². The maximum absolute atomic E-state index is 11.8. The lowest BCUT2D eigenvalue weighted by molar-refractivity contribution is 0.142. The zero-order valence-corrected chi connectivity index (χ0v) is 13.4. The Morgan fingerprint density at radius 3 is 2.63 bits per heavy atom. The fourth-order valence-corrected chi connectivity index (χ4v) is 5.45. The molecule has 4 unspecified atom stereocenters. The van der Waals surface area contributed by atoms with Gasteiger partial charge >= 0.3 is 0 Å². The molecule has 2 rings (SSSR count). The summed E-state index contributed by atoms with van der Waals surface area (Å²) in [5, 5.41) is 3.48. The summed E-state index contributed by atoms with van der Waals surface area (Å²) in [6.45, 7) is 5.59. The molecule has 0 aromatic heterocycles. The average Bonchev–Trinajstić information content (AvgIpc) is 2.72. The van der Waals surface area contributed by atoms with Crippen molar-refractivity contribution in [2.24, 2.45) is 11.3 Å². The fourth-order valence-electron chi connectivity index (χ4n) is 4.27. The first-order valence-corrected chi connectivity index (χ1v) is 9.73. The van der Waals surface area contributed by atoms with Gasteiger partial charge in [-0.05, 0) is 56.4 Å². The van der Waals surface area contributed by atoms with Gasteiger partial charge in [0.15, 0.2) is 0 Å². The quantitative estimate of drug-likeness (QED) is 0.865. The van der Waals surface area contributed by atoms with Crippen molar-refractivity contribution in [1.82, 2.24) is 5.32 Å². The minimum Gasteiger partial charge on any atom is -0.314 e. The first kappa shape index (κ1) is 15.3. The zero-order chi connectivity index (χ0) is 14.1. The third-order valence-corrected chi connectivity index (χ3v) is 7.13. The van der Waals surface area contributed by atoms with Gasteiger partial charge in [0.1, 0.15) is 9.84 Å². The van der Waals surface area contributed by atoms with Gasteiger partial charge in [0.25, 0.3) is 0 Å². The van der Waals surface area contributed by atoms with Crippen LogP contribution in [0.4, 0.5) is 0 Å². The van der Waals surface area contributed by atoms with Crippen molar-refractivity contribution in [3.8, 4) is 0 Å². The topological polar surface area (TPSA) is 46.2 Å². The molecular weight excluding hydrogens is 258 g/mol. The number of sulfone groups is 1. The summed E-state index contributed by atoms with van der Waals surface area (Å²) < 4.78 is 23.6. The maximum Gasteiger partial charge on any atom is 0.150 e. The molecule has 0 heterocycles. The maximum atomic E-state index is 11.8. The lowest BCUT2D eigenvalue weighted by atomic mass is 9.68. The van der Waals surface area contributed by atoms with Crippen LogP contribution >= 0.6 is 0 Å². The van der Waals surface area contributed by atoms with Crippen molar-refractivity contribution in [3.05, 3.63) is 0 Å². The van der Waals surface area contributed by atoms with Gasteiger partial charge in [-0.25, -0.2) is 8.42 Å². The Labute approximate surface area is 118 Å². The molecule has 0 aromatic carbocycles. The predicted molar refractivity (Wildman–Crippen MR) is 80.0 cm³/mol. The average molecular weight is 287 g/mol. The molecule has 3 nitrogen and oxygen atoms in total. The predicted octanol–water partition coefficient (Wildman–Crippen LogP) is 2.76. The SMILES string of the molecule is CCNC1CCC(C)(C2CCCC(S(C)(=O)=O)C2)C1.